The second-order valence-electron chi connectivity index (χ2n) is 4.61. The Hall–Kier alpha value is -1.67. The van der Waals surface area contributed by atoms with E-state index in [1.165, 1.54) is 5.56 Å². The van der Waals surface area contributed by atoms with E-state index in [1.54, 1.807) is 0 Å². The van der Waals surface area contributed by atoms with Gasteiger partial charge in [0.1, 0.15) is 11.9 Å². The molecule has 2 aromatic carbocycles. The van der Waals surface area contributed by atoms with Crippen molar-refractivity contribution in [2.24, 2.45) is 0 Å². The van der Waals surface area contributed by atoms with Gasteiger partial charge in [-0.05, 0) is 38.1 Å². The topological polar surface area (TPSA) is 21.3 Å². The second-order valence-corrected chi connectivity index (χ2v) is 5.01. The minimum Gasteiger partial charge on any atom is -0.487 e. The highest BCUT2D eigenvalue weighted by molar-refractivity contribution is 6.32. The van der Waals surface area contributed by atoms with Gasteiger partial charge >= 0.3 is 0 Å². The predicted molar refractivity (Wildman–Crippen MR) is 81.2 cm³/mol. The van der Waals surface area contributed by atoms with Crippen LogP contribution in [0.1, 0.15) is 12.5 Å². The summed E-state index contributed by atoms with van der Waals surface area (Å²) in [5, 5.41) is 3.99. The third kappa shape index (κ3) is 4.18. The van der Waals surface area contributed by atoms with Crippen LogP contribution in [-0.2, 0) is 0 Å². The fourth-order valence-corrected chi connectivity index (χ4v) is 1.91. The van der Waals surface area contributed by atoms with Gasteiger partial charge in [0.15, 0.2) is 0 Å². The fraction of sp³-hybridized carbons (Fsp3) is 0.250. The summed E-state index contributed by atoms with van der Waals surface area (Å²) in [6, 6.07) is 15.8. The molecule has 0 spiro atoms. The van der Waals surface area contributed by atoms with Gasteiger partial charge in [-0.1, -0.05) is 41.4 Å². The number of anilines is 1. The molecule has 0 saturated carbocycles. The van der Waals surface area contributed by atoms with Crippen LogP contribution in [0.4, 0.5) is 5.69 Å². The van der Waals surface area contributed by atoms with Gasteiger partial charge in [-0.15, -0.1) is 0 Å². The lowest BCUT2D eigenvalue weighted by Crippen LogP contribution is -2.22. The van der Waals surface area contributed by atoms with Crippen LogP contribution in [0.2, 0.25) is 5.02 Å². The van der Waals surface area contributed by atoms with E-state index in [4.69, 9.17) is 16.3 Å². The van der Waals surface area contributed by atoms with Crippen molar-refractivity contribution in [1.82, 2.24) is 0 Å². The molecular weight excluding hydrogens is 258 g/mol. The van der Waals surface area contributed by atoms with Crippen LogP contribution in [-0.4, -0.2) is 12.6 Å². The molecule has 0 heterocycles. The Labute approximate surface area is 119 Å². The molecule has 100 valence electrons. The first-order valence-corrected chi connectivity index (χ1v) is 6.74. The number of halogens is 1. The van der Waals surface area contributed by atoms with Crippen molar-refractivity contribution >= 4 is 17.3 Å². The molecule has 1 unspecified atom stereocenters. The molecule has 0 aliphatic carbocycles. The first-order valence-electron chi connectivity index (χ1n) is 6.37. The smallest absolute Gasteiger partial charge is 0.138 e. The zero-order valence-electron chi connectivity index (χ0n) is 11.2. The number of rotatable bonds is 5. The van der Waals surface area contributed by atoms with Gasteiger partial charge < -0.3 is 10.1 Å². The largest absolute Gasteiger partial charge is 0.487 e. The number of aryl methyl sites for hydroxylation is 1. The molecule has 1 atom stereocenters. The van der Waals surface area contributed by atoms with Gasteiger partial charge in [-0.25, -0.2) is 0 Å². The molecular formula is C16H18ClNO. The summed E-state index contributed by atoms with van der Waals surface area (Å²) in [6.45, 7) is 4.83. The number of ether oxygens (including phenoxy) is 1. The normalized spacial score (nSPS) is 11.9. The highest BCUT2D eigenvalue weighted by Gasteiger charge is 2.06. The lowest BCUT2D eigenvalue weighted by Gasteiger charge is -2.17. The summed E-state index contributed by atoms with van der Waals surface area (Å²) in [6.07, 6.45) is 0.0428. The number of benzene rings is 2. The molecule has 0 fully saturated rings. The summed E-state index contributed by atoms with van der Waals surface area (Å²) in [5.41, 5.74) is 2.35. The van der Waals surface area contributed by atoms with Crippen LogP contribution in [0.25, 0.3) is 0 Å². The molecule has 1 N–H and O–H groups in total. The van der Waals surface area contributed by atoms with Crippen LogP contribution in [0.15, 0.2) is 48.5 Å². The van der Waals surface area contributed by atoms with E-state index in [-0.39, 0.29) is 6.10 Å². The number of hydrogen-bond donors (Lipinski definition) is 1. The fourth-order valence-electron chi connectivity index (χ4n) is 1.73. The Morgan fingerprint density at radius 2 is 1.79 bits per heavy atom. The highest BCUT2D eigenvalue weighted by atomic mass is 35.5. The molecule has 0 radical (unpaired) electrons. The third-order valence-electron chi connectivity index (χ3n) is 2.81. The molecule has 0 saturated heterocycles. The Morgan fingerprint density at radius 3 is 2.47 bits per heavy atom. The quantitative estimate of drug-likeness (QED) is 0.866. The van der Waals surface area contributed by atoms with Crippen molar-refractivity contribution in [3.8, 4) is 5.75 Å². The van der Waals surface area contributed by atoms with Gasteiger partial charge in [0.25, 0.3) is 0 Å². The summed E-state index contributed by atoms with van der Waals surface area (Å²) in [5.74, 6) is 0.724. The van der Waals surface area contributed by atoms with E-state index in [0.717, 1.165) is 18.0 Å². The van der Waals surface area contributed by atoms with Gasteiger partial charge in [0.2, 0.25) is 0 Å². The molecule has 3 heteroatoms. The van der Waals surface area contributed by atoms with Crippen LogP contribution < -0.4 is 10.1 Å². The average molecular weight is 276 g/mol. The summed E-state index contributed by atoms with van der Waals surface area (Å²) in [7, 11) is 0. The minimum atomic E-state index is 0.0428. The molecule has 0 aliphatic heterocycles. The molecule has 2 aromatic rings. The monoisotopic (exact) mass is 275 g/mol. The first-order chi connectivity index (χ1) is 9.15. The molecule has 2 rings (SSSR count). The molecule has 0 aliphatic rings. The highest BCUT2D eigenvalue weighted by Crippen LogP contribution is 2.24. The number of para-hydroxylation sites is 1. The minimum absolute atomic E-state index is 0.0428. The molecule has 19 heavy (non-hydrogen) atoms. The lowest BCUT2D eigenvalue weighted by atomic mass is 10.2. The Bertz CT molecular complexity index is 525. The van der Waals surface area contributed by atoms with Crippen molar-refractivity contribution < 1.29 is 4.74 Å². The van der Waals surface area contributed by atoms with E-state index in [2.05, 4.69) is 36.5 Å². The summed E-state index contributed by atoms with van der Waals surface area (Å²) < 4.78 is 5.80. The van der Waals surface area contributed by atoms with E-state index in [0.29, 0.717) is 5.02 Å². The van der Waals surface area contributed by atoms with Gasteiger partial charge in [0, 0.05) is 5.69 Å². The van der Waals surface area contributed by atoms with Crippen LogP contribution in [0.5, 0.6) is 5.75 Å². The molecule has 0 amide bonds. The van der Waals surface area contributed by atoms with Crippen molar-refractivity contribution in [3.05, 3.63) is 59.1 Å². The van der Waals surface area contributed by atoms with Crippen molar-refractivity contribution in [3.63, 3.8) is 0 Å². The van der Waals surface area contributed by atoms with E-state index in [9.17, 15) is 0 Å². The molecule has 0 bridgehead atoms. The van der Waals surface area contributed by atoms with E-state index in [1.807, 2.05) is 31.2 Å². The lowest BCUT2D eigenvalue weighted by molar-refractivity contribution is 0.235. The molecule has 2 nitrogen and oxygen atoms in total. The Kier molecular flexibility index (Phi) is 4.69. The van der Waals surface area contributed by atoms with Crippen LogP contribution in [0, 0.1) is 6.92 Å². The maximum atomic E-state index is 6.06. The molecule has 0 aromatic heterocycles. The van der Waals surface area contributed by atoms with Crippen molar-refractivity contribution in [2.75, 3.05) is 11.9 Å². The predicted octanol–water partition coefficient (Wildman–Crippen LogP) is 4.53. The van der Waals surface area contributed by atoms with E-state index < -0.39 is 0 Å². The van der Waals surface area contributed by atoms with Crippen LogP contribution in [0.3, 0.4) is 0 Å². The Balaban J connectivity index is 1.86. The maximum absolute atomic E-state index is 6.06. The zero-order chi connectivity index (χ0) is 13.7. The van der Waals surface area contributed by atoms with Crippen molar-refractivity contribution in [2.45, 2.75) is 20.0 Å². The Morgan fingerprint density at radius 1 is 1.11 bits per heavy atom. The number of nitrogens with one attached hydrogen (secondary N) is 1. The van der Waals surface area contributed by atoms with Gasteiger partial charge in [0.05, 0.1) is 11.6 Å². The third-order valence-corrected chi connectivity index (χ3v) is 3.12. The summed E-state index contributed by atoms with van der Waals surface area (Å²) in [4.78, 5) is 0. The summed E-state index contributed by atoms with van der Waals surface area (Å²) >= 11 is 6.06. The first kappa shape index (κ1) is 13.8. The number of hydrogen-bond acceptors (Lipinski definition) is 2. The van der Waals surface area contributed by atoms with Crippen molar-refractivity contribution in [1.29, 1.82) is 0 Å². The maximum Gasteiger partial charge on any atom is 0.138 e. The van der Waals surface area contributed by atoms with E-state index >= 15 is 0 Å². The second kappa shape index (κ2) is 6.48. The van der Waals surface area contributed by atoms with Crippen LogP contribution >= 0.6 is 11.6 Å². The van der Waals surface area contributed by atoms with Gasteiger partial charge in [-0.2, -0.15) is 0 Å². The zero-order valence-corrected chi connectivity index (χ0v) is 11.9. The average Bonchev–Trinajstić information content (AvgIpc) is 2.41. The van der Waals surface area contributed by atoms with Gasteiger partial charge in [-0.3, -0.25) is 0 Å². The standard InChI is InChI=1S/C16H18ClNO/c1-12-7-9-14(10-8-12)18-11-13(2)19-16-6-4-3-5-15(16)17/h3-10,13,18H,11H2,1-2H3. The SMILES string of the molecule is Cc1ccc(NCC(C)Oc2ccccc2Cl)cc1.